The van der Waals surface area contributed by atoms with E-state index in [4.69, 9.17) is 9.72 Å². The Bertz CT molecular complexity index is 1450. The highest BCUT2D eigenvalue weighted by Crippen LogP contribution is 2.32. The Labute approximate surface area is 234 Å². The number of aromatic nitrogens is 2. The molecule has 0 saturated heterocycles. The third-order valence-corrected chi connectivity index (χ3v) is 7.72. The van der Waals surface area contributed by atoms with Gasteiger partial charge in [-0.1, -0.05) is 37.8 Å². The van der Waals surface area contributed by atoms with Gasteiger partial charge in [-0.25, -0.2) is 13.8 Å². The number of aryl methyl sites for hydroxylation is 1. The number of anilines is 2. The Hall–Kier alpha value is -3.78. The third-order valence-electron chi connectivity index (χ3n) is 7.72. The molecule has 4 aromatic rings. The van der Waals surface area contributed by atoms with Crippen molar-refractivity contribution in [2.24, 2.45) is 0 Å². The van der Waals surface area contributed by atoms with E-state index in [9.17, 15) is 4.39 Å². The SMILES string of the molecule is COc1ccc(CN(C)c2cc3nc(C)c(-c4cc(NCNC5CCCCCC5)c(F)cc4F)cc3cn2)cc1. The first-order chi connectivity index (χ1) is 19.4. The van der Waals surface area contributed by atoms with Crippen LogP contribution in [-0.2, 0) is 6.54 Å². The number of rotatable bonds is 9. The smallest absolute Gasteiger partial charge is 0.149 e. The molecule has 0 bridgehead atoms. The van der Waals surface area contributed by atoms with Gasteiger partial charge in [-0.3, -0.25) is 10.3 Å². The highest BCUT2D eigenvalue weighted by molar-refractivity contribution is 5.86. The summed E-state index contributed by atoms with van der Waals surface area (Å²) in [6.45, 7) is 2.95. The minimum atomic E-state index is -0.618. The lowest BCUT2D eigenvalue weighted by Crippen LogP contribution is -2.33. The van der Waals surface area contributed by atoms with Crippen LogP contribution in [0.1, 0.15) is 49.8 Å². The van der Waals surface area contributed by atoms with Crippen molar-refractivity contribution in [3.05, 3.63) is 77.6 Å². The number of halogens is 2. The second-order valence-electron chi connectivity index (χ2n) is 10.6. The van der Waals surface area contributed by atoms with Gasteiger partial charge in [-0.2, -0.15) is 0 Å². The second-order valence-corrected chi connectivity index (χ2v) is 10.6. The van der Waals surface area contributed by atoms with Crippen LogP contribution in [0.5, 0.6) is 5.75 Å². The monoisotopic (exact) mass is 545 g/mol. The van der Waals surface area contributed by atoms with E-state index in [1.54, 1.807) is 19.4 Å². The quantitative estimate of drug-likeness (QED) is 0.171. The molecule has 2 aromatic carbocycles. The van der Waals surface area contributed by atoms with Crippen LogP contribution < -0.4 is 20.3 Å². The van der Waals surface area contributed by atoms with E-state index in [0.29, 0.717) is 36.1 Å². The van der Waals surface area contributed by atoms with Crippen molar-refractivity contribution in [1.82, 2.24) is 15.3 Å². The molecule has 8 heteroatoms. The molecule has 1 saturated carbocycles. The fraction of sp³-hybridized carbons (Fsp3) is 0.375. The maximum Gasteiger partial charge on any atom is 0.149 e. The van der Waals surface area contributed by atoms with E-state index in [-0.39, 0.29) is 5.69 Å². The molecule has 0 aliphatic heterocycles. The first-order valence-electron chi connectivity index (χ1n) is 14.0. The molecule has 0 atom stereocenters. The van der Waals surface area contributed by atoms with Gasteiger partial charge in [0.15, 0.2) is 0 Å². The molecule has 1 aliphatic rings. The van der Waals surface area contributed by atoms with Crippen molar-refractivity contribution in [2.45, 2.75) is 58.0 Å². The topological polar surface area (TPSA) is 62.3 Å². The van der Waals surface area contributed by atoms with Crippen molar-refractivity contribution in [2.75, 3.05) is 31.0 Å². The van der Waals surface area contributed by atoms with Gasteiger partial charge in [-0.15, -0.1) is 0 Å². The lowest BCUT2D eigenvalue weighted by molar-refractivity contribution is 0.414. The van der Waals surface area contributed by atoms with Gasteiger partial charge >= 0.3 is 0 Å². The minimum absolute atomic E-state index is 0.269. The fourth-order valence-electron chi connectivity index (χ4n) is 5.39. The van der Waals surface area contributed by atoms with Crippen LogP contribution in [0.2, 0.25) is 0 Å². The molecule has 210 valence electrons. The molecule has 1 aliphatic carbocycles. The summed E-state index contributed by atoms with van der Waals surface area (Å²) < 4.78 is 35.0. The van der Waals surface area contributed by atoms with Crippen LogP contribution in [0.3, 0.4) is 0 Å². The summed E-state index contributed by atoms with van der Waals surface area (Å²) in [4.78, 5) is 11.5. The number of fused-ring (bicyclic) bond motifs is 1. The number of hydrogen-bond acceptors (Lipinski definition) is 6. The lowest BCUT2D eigenvalue weighted by atomic mass is 10.0. The summed E-state index contributed by atoms with van der Waals surface area (Å²) >= 11 is 0. The zero-order valence-corrected chi connectivity index (χ0v) is 23.4. The predicted molar refractivity (Wildman–Crippen MR) is 158 cm³/mol. The summed E-state index contributed by atoms with van der Waals surface area (Å²) in [5.41, 5.74) is 3.75. The summed E-state index contributed by atoms with van der Waals surface area (Å²) in [5, 5.41) is 7.39. The van der Waals surface area contributed by atoms with E-state index in [1.165, 1.54) is 25.7 Å². The number of ether oxygens (including phenoxy) is 1. The Balaban J connectivity index is 1.34. The Morgan fingerprint density at radius 1 is 0.950 bits per heavy atom. The number of hydrogen-bond donors (Lipinski definition) is 2. The Morgan fingerprint density at radius 3 is 2.42 bits per heavy atom. The minimum Gasteiger partial charge on any atom is -0.497 e. The molecule has 0 amide bonds. The van der Waals surface area contributed by atoms with Gasteiger partial charge in [0.05, 0.1) is 25.0 Å². The summed E-state index contributed by atoms with van der Waals surface area (Å²) in [6, 6.07) is 14.7. The van der Waals surface area contributed by atoms with Gasteiger partial charge in [0.2, 0.25) is 0 Å². The Kier molecular flexibility index (Phi) is 8.75. The van der Waals surface area contributed by atoms with E-state index in [0.717, 1.165) is 46.9 Å². The maximum atomic E-state index is 15.0. The second kappa shape index (κ2) is 12.6. The molecule has 5 rings (SSSR count). The molecule has 1 fully saturated rings. The highest BCUT2D eigenvalue weighted by Gasteiger charge is 2.17. The summed E-state index contributed by atoms with van der Waals surface area (Å²) in [5.74, 6) is 0.371. The van der Waals surface area contributed by atoms with Crippen LogP contribution in [0, 0.1) is 18.6 Å². The number of pyridine rings is 2. The molecule has 0 spiro atoms. The van der Waals surface area contributed by atoms with Gasteiger partial charge < -0.3 is 15.0 Å². The first kappa shape index (κ1) is 27.8. The van der Waals surface area contributed by atoms with E-state index in [1.807, 2.05) is 55.3 Å². The lowest BCUT2D eigenvalue weighted by Gasteiger charge is -2.19. The van der Waals surface area contributed by atoms with Crippen molar-refractivity contribution in [3.63, 3.8) is 0 Å². The molecule has 0 radical (unpaired) electrons. The van der Waals surface area contributed by atoms with Crippen LogP contribution in [0.25, 0.3) is 22.0 Å². The molecular formula is C32H37F2N5O. The number of nitrogens with one attached hydrogen (secondary N) is 2. The van der Waals surface area contributed by atoms with Gasteiger partial charge in [-0.05, 0) is 49.6 Å². The highest BCUT2D eigenvalue weighted by atomic mass is 19.1. The average Bonchev–Trinajstić information content (AvgIpc) is 3.23. The first-order valence-corrected chi connectivity index (χ1v) is 14.0. The predicted octanol–water partition coefficient (Wildman–Crippen LogP) is 7.21. The van der Waals surface area contributed by atoms with Crippen LogP contribution in [0.4, 0.5) is 20.3 Å². The molecule has 6 nitrogen and oxygen atoms in total. The molecule has 2 aromatic heterocycles. The average molecular weight is 546 g/mol. The molecule has 0 unspecified atom stereocenters. The Morgan fingerprint density at radius 2 is 1.70 bits per heavy atom. The standard InChI is InChI=1S/C32H37F2N5O/c1-21-26(27-15-31(29(34)16-28(27)33)37-20-36-24-8-6-4-5-7-9-24)14-23-18-35-32(17-30(23)38-21)39(2)19-22-10-12-25(40-3)13-11-22/h10-18,24,36-37H,4-9,19-20H2,1-3H3. The van der Waals surface area contributed by atoms with Gasteiger partial charge in [0.1, 0.15) is 23.2 Å². The number of nitrogens with zero attached hydrogens (tertiary/aromatic N) is 3. The van der Waals surface area contributed by atoms with Gasteiger partial charge in [0.25, 0.3) is 0 Å². The molecule has 40 heavy (non-hydrogen) atoms. The van der Waals surface area contributed by atoms with Crippen LogP contribution in [-0.4, -0.2) is 36.8 Å². The summed E-state index contributed by atoms with van der Waals surface area (Å²) in [6.07, 6.45) is 9.01. The third kappa shape index (κ3) is 6.50. The molecular weight excluding hydrogens is 508 g/mol. The van der Waals surface area contributed by atoms with Crippen molar-refractivity contribution in [1.29, 1.82) is 0 Å². The largest absolute Gasteiger partial charge is 0.497 e. The van der Waals surface area contributed by atoms with E-state index >= 15 is 4.39 Å². The molecule has 2 heterocycles. The fourth-order valence-corrected chi connectivity index (χ4v) is 5.39. The van der Waals surface area contributed by atoms with E-state index in [2.05, 4.69) is 15.6 Å². The maximum absolute atomic E-state index is 15.0. The zero-order chi connectivity index (χ0) is 28.1. The normalized spacial score (nSPS) is 14.2. The number of benzene rings is 2. The van der Waals surface area contributed by atoms with Crippen molar-refractivity contribution < 1.29 is 13.5 Å². The van der Waals surface area contributed by atoms with E-state index < -0.39 is 11.6 Å². The van der Waals surface area contributed by atoms with Crippen molar-refractivity contribution in [3.8, 4) is 16.9 Å². The number of methoxy groups -OCH3 is 1. The summed E-state index contributed by atoms with van der Waals surface area (Å²) in [7, 11) is 3.63. The van der Waals surface area contributed by atoms with Gasteiger partial charge in [0, 0.05) is 60.2 Å². The molecule has 2 N–H and O–H groups in total. The zero-order valence-electron chi connectivity index (χ0n) is 23.4. The van der Waals surface area contributed by atoms with Crippen LogP contribution in [0.15, 0.2) is 54.7 Å². The van der Waals surface area contributed by atoms with Crippen molar-refractivity contribution >= 4 is 22.4 Å². The van der Waals surface area contributed by atoms with Crippen LogP contribution >= 0.6 is 0 Å².